The molecule has 7 aromatic carbocycles. The van der Waals surface area contributed by atoms with E-state index in [1.165, 1.54) is 44.5 Å². The Labute approximate surface area is 350 Å². The average Bonchev–Trinajstić information content (AvgIpc) is 3.71. The second-order valence-corrected chi connectivity index (χ2v) is 18.5. The Morgan fingerprint density at radius 3 is 1.14 bits per heavy atom. The molecule has 1 saturated heterocycles. The van der Waals surface area contributed by atoms with Gasteiger partial charge in [0.15, 0.2) is 0 Å². The Morgan fingerprint density at radius 2 is 0.712 bits per heavy atom. The lowest BCUT2D eigenvalue weighted by Crippen LogP contribution is -2.41. The molecule has 1 heterocycles. The van der Waals surface area contributed by atoms with Crippen molar-refractivity contribution in [3.05, 3.63) is 186 Å². The largest absolute Gasteiger partial charge is 0.494 e. The summed E-state index contributed by atoms with van der Waals surface area (Å²) in [5.74, 6) is 0. The van der Waals surface area contributed by atoms with Crippen LogP contribution in [0.3, 0.4) is 0 Å². The summed E-state index contributed by atoms with van der Waals surface area (Å²) >= 11 is 0. The number of benzene rings is 7. The molecule has 0 bridgehead atoms. The van der Waals surface area contributed by atoms with E-state index in [9.17, 15) is 0 Å². The van der Waals surface area contributed by atoms with Crippen molar-refractivity contribution >= 4 is 46.7 Å². The molecule has 2 aliphatic carbocycles. The summed E-state index contributed by atoms with van der Waals surface area (Å²) < 4.78 is 13.7. The zero-order valence-electron chi connectivity index (χ0n) is 35.4. The predicted octanol–water partition coefficient (Wildman–Crippen LogP) is 13.5. The summed E-state index contributed by atoms with van der Waals surface area (Å²) in [5.41, 5.74) is 16.6. The molecule has 292 valence electrons. The van der Waals surface area contributed by atoms with E-state index in [0.717, 1.165) is 39.6 Å². The predicted molar refractivity (Wildman–Crippen MR) is 247 cm³/mol. The van der Waals surface area contributed by atoms with Gasteiger partial charge in [0.05, 0.1) is 11.2 Å². The Kier molecular flexibility index (Phi) is 8.45. The number of hydrogen-bond donors (Lipinski definition) is 0. The highest BCUT2D eigenvalue weighted by Gasteiger charge is 2.52. The van der Waals surface area contributed by atoms with Gasteiger partial charge in [0.25, 0.3) is 0 Å². The summed E-state index contributed by atoms with van der Waals surface area (Å²) in [7, 11) is -0.573. The first-order chi connectivity index (χ1) is 28.2. The molecule has 0 N–H and O–H groups in total. The smallest absolute Gasteiger partial charge is 0.399 e. The van der Waals surface area contributed by atoms with Gasteiger partial charge in [-0.1, -0.05) is 125 Å². The summed E-state index contributed by atoms with van der Waals surface area (Å²) in [6.07, 6.45) is 0. The number of para-hydroxylation sites is 2. The van der Waals surface area contributed by atoms with E-state index in [2.05, 4.69) is 229 Å². The maximum Gasteiger partial charge on any atom is 0.494 e. The van der Waals surface area contributed by atoms with Gasteiger partial charge in [-0.2, -0.15) is 0 Å². The van der Waals surface area contributed by atoms with E-state index in [1.807, 2.05) is 0 Å². The van der Waals surface area contributed by atoms with Gasteiger partial charge in [0.1, 0.15) is 0 Å². The minimum Gasteiger partial charge on any atom is -0.399 e. The summed E-state index contributed by atoms with van der Waals surface area (Å²) in [6, 6.07) is 60.0. The van der Waals surface area contributed by atoms with Crippen LogP contribution in [-0.2, 0) is 20.1 Å². The van der Waals surface area contributed by atoms with Crippen LogP contribution in [0.5, 0.6) is 0 Å². The number of anilines is 6. The fraction of sp³-hybridized carbons (Fsp3) is 0.222. The monoisotopic (exact) mass is 770 g/mol. The van der Waals surface area contributed by atoms with Crippen molar-refractivity contribution in [2.75, 3.05) is 9.80 Å². The molecule has 0 atom stereocenters. The third-order valence-corrected chi connectivity index (χ3v) is 13.6. The second kappa shape index (κ2) is 13.3. The Morgan fingerprint density at radius 1 is 0.339 bits per heavy atom. The molecule has 3 aliphatic rings. The third kappa shape index (κ3) is 5.89. The van der Waals surface area contributed by atoms with Gasteiger partial charge in [-0.3, -0.25) is 0 Å². The first-order valence-electron chi connectivity index (χ1n) is 20.9. The molecule has 5 heteroatoms. The average molecular weight is 771 g/mol. The van der Waals surface area contributed by atoms with Gasteiger partial charge in [-0.05, 0) is 144 Å². The highest BCUT2D eigenvalue weighted by Crippen LogP contribution is 2.53. The van der Waals surface area contributed by atoms with Crippen molar-refractivity contribution in [1.82, 2.24) is 0 Å². The van der Waals surface area contributed by atoms with Crippen LogP contribution in [0.2, 0.25) is 0 Å². The van der Waals surface area contributed by atoms with Gasteiger partial charge >= 0.3 is 7.12 Å². The van der Waals surface area contributed by atoms with E-state index in [-0.39, 0.29) is 10.8 Å². The SMILES string of the molecule is CC1(C)c2ccccc2-c2ccc(N(c3ccccc3)c3cc(B4OC(C)(C)C(C)(C)O4)cc(N(c4ccccc4)c4ccc5c(c4)C(C)(C)c4ccccc4-5)c3)cc21. The Bertz CT molecular complexity index is 2570. The Hall–Kier alpha value is -5.88. The molecule has 1 fully saturated rings. The molecule has 7 aromatic rings. The van der Waals surface area contributed by atoms with Crippen LogP contribution in [0.25, 0.3) is 22.3 Å². The van der Waals surface area contributed by atoms with Crippen molar-refractivity contribution in [3.8, 4) is 22.3 Å². The molecule has 10 rings (SSSR count). The first kappa shape index (κ1) is 37.4. The van der Waals surface area contributed by atoms with Crippen molar-refractivity contribution in [2.24, 2.45) is 0 Å². The van der Waals surface area contributed by atoms with Crippen LogP contribution < -0.4 is 15.3 Å². The fourth-order valence-electron chi connectivity index (χ4n) is 9.70. The molecule has 4 nitrogen and oxygen atoms in total. The second-order valence-electron chi connectivity index (χ2n) is 18.5. The lowest BCUT2D eigenvalue weighted by molar-refractivity contribution is 0.00578. The van der Waals surface area contributed by atoms with Crippen LogP contribution in [-0.4, -0.2) is 18.3 Å². The fourth-order valence-corrected chi connectivity index (χ4v) is 9.70. The maximum absolute atomic E-state index is 6.83. The highest BCUT2D eigenvalue weighted by molar-refractivity contribution is 6.62. The number of fused-ring (bicyclic) bond motifs is 6. The van der Waals surface area contributed by atoms with Crippen LogP contribution in [0, 0.1) is 0 Å². The zero-order chi connectivity index (χ0) is 40.9. The van der Waals surface area contributed by atoms with E-state index >= 15 is 0 Å². The summed E-state index contributed by atoms with van der Waals surface area (Å²) in [5, 5.41) is 0. The van der Waals surface area contributed by atoms with Crippen molar-refractivity contribution in [1.29, 1.82) is 0 Å². The molecule has 0 amide bonds. The van der Waals surface area contributed by atoms with E-state index < -0.39 is 18.3 Å². The normalized spacial score (nSPS) is 17.2. The lowest BCUT2D eigenvalue weighted by Gasteiger charge is -2.32. The third-order valence-electron chi connectivity index (χ3n) is 13.6. The van der Waals surface area contributed by atoms with Crippen LogP contribution >= 0.6 is 0 Å². The molecule has 0 radical (unpaired) electrons. The van der Waals surface area contributed by atoms with Crippen molar-refractivity contribution in [2.45, 2.75) is 77.4 Å². The molecule has 0 unspecified atom stereocenters. The molecule has 0 aromatic heterocycles. The van der Waals surface area contributed by atoms with E-state index in [4.69, 9.17) is 9.31 Å². The van der Waals surface area contributed by atoms with Gasteiger partial charge in [0, 0.05) is 45.0 Å². The zero-order valence-corrected chi connectivity index (χ0v) is 35.4. The highest BCUT2D eigenvalue weighted by atomic mass is 16.7. The van der Waals surface area contributed by atoms with Gasteiger partial charge < -0.3 is 19.1 Å². The van der Waals surface area contributed by atoms with Gasteiger partial charge in [0.2, 0.25) is 0 Å². The summed E-state index contributed by atoms with van der Waals surface area (Å²) in [6.45, 7) is 17.9. The molecule has 0 saturated carbocycles. The quantitative estimate of drug-likeness (QED) is 0.151. The number of nitrogens with zero attached hydrogens (tertiary/aromatic N) is 2. The van der Waals surface area contributed by atoms with E-state index in [1.54, 1.807) is 0 Å². The molecular formula is C54H51BN2O2. The molecule has 1 aliphatic heterocycles. The van der Waals surface area contributed by atoms with Gasteiger partial charge in [-0.15, -0.1) is 0 Å². The van der Waals surface area contributed by atoms with Crippen LogP contribution in [0.4, 0.5) is 34.1 Å². The minimum absolute atomic E-state index is 0.148. The maximum atomic E-state index is 6.83. The van der Waals surface area contributed by atoms with Crippen molar-refractivity contribution in [3.63, 3.8) is 0 Å². The number of hydrogen-bond acceptors (Lipinski definition) is 4. The molecular weight excluding hydrogens is 719 g/mol. The summed E-state index contributed by atoms with van der Waals surface area (Å²) in [4.78, 5) is 4.78. The molecule has 59 heavy (non-hydrogen) atoms. The van der Waals surface area contributed by atoms with E-state index in [0.29, 0.717) is 0 Å². The minimum atomic E-state index is -0.573. The lowest BCUT2D eigenvalue weighted by atomic mass is 9.78. The van der Waals surface area contributed by atoms with Crippen LogP contribution in [0.15, 0.2) is 164 Å². The van der Waals surface area contributed by atoms with Crippen LogP contribution in [0.1, 0.15) is 77.6 Å². The first-order valence-corrected chi connectivity index (χ1v) is 20.9. The van der Waals surface area contributed by atoms with Gasteiger partial charge in [-0.25, -0.2) is 0 Å². The standard InChI is InChI=1S/C54H51BN2O2/c1-51(2)47-25-17-15-23-43(47)45-29-27-39(34-49(45)51)56(37-19-11-9-12-20-37)41-31-36(55-58-53(5,6)54(7,8)59-55)32-42(33-41)57(38-21-13-10-14-22-38)40-28-30-46-44-24-16-18-26-48(44)52(3,4)50(46)35-40/h9-35H,1-8H3. The Balaban J connectivity index is 1.20. The topological polar surface area (TPSA) is 24.9 Å². The van der Waals surface area contributed by atoms with Crippen molar-refractivity contribution < 1.29 is 9.31 Å². The molecule has 0 spiro atoms. The number of rotatable bonds is 7.